The number of aromatic nitrogens is 2. The van der Waals surface area contributed by atoms with E-state index in [4.69, 9.17) is 0 Å². The summed E-state index contributed by atoms with van der Waals surface area (Å²) in [4.78, 5) is 10.2. The number of hydrogen-bond acceptors (Lipinski definition) is 3. The quantitative estimate of drug-likeness (QED) is 0.567. The van der Waals surface area contributed by atoms with Crippen LogP contribution < -0.4 is 0 Å². The zero-order valence-corrected chi connectivity index (χ0v) is 5.53. The third kappa shape index (κ3) is 2.86. The summed E-state index contributed by atoms with van der Waals surface area (Å²) in [6, 6.07) is 0. The molecule has 0 saturated heterocycles. The molecule has 4 heteroatoms. The molecule has 2 rings (SSSR count). The van der Waals surface area contributed by atoms with Crippen LogP contribution in [0.2, 0.25) is 0 Å². The number of H-pyrrole nitrogens is 1. The van der Waals surface area contributed by atoms with Crippen LogP contribution in [0.3, 0.4) is 0 Å². The molecule has 0 radical (unpaired) electrons. The molecule has 1 N–H and O–H groups in total. The zero-order chi connectivity index (χ0) is 7.07. The zero-order valence-electron chi connectivity index (χ0n) is 5.53. The SMILES string of the molecule is C1=NCCO1.c1c[nH]cn1. The minimum absolute atomic E-state index is 0.778. The number of ether oxygens (including phenoxy) is 1. The van der Waals surface area contributed by atoms with Crippen LogP contribution in [0.5, 0.6) is 0 Å². The van der Waals surface area contributed by atoms with Gasteiger partial charge in [-0.3, -0.25) is 4.99 Å². The van der Waals surface area contributed by atoms with Crippen LogP contribution >= 0.6 is 0 Å². The van der Waals surface area contributed by atoms with Crippen molar-refractivity contribution in [2.45, 2.75) is 0 Å². The van der Waals surface area contributed by atoms with E-state index in [-0.39, 0.29) is 0 Å². The van der Waals surface area contributed by atoms with Gasteiger partial charge in [0.15, 0.2) is 6.40 Å². The molecule has 0 aromatic carbocycles. The molecule has 0 unspecified atom stereocenters. The predicted molar refractivity (Wildman–Crippen MR) is 37.9 cm³/mol. The van der Waals surface area contributed by atoms with Crippen LogP contribution in [0, 0.1) is 0 Å². The molecule has 4 nitrogen and oxygen atoms in total. The lowest BCUT2D eigenvalue weighted by Gasteiger charge is -1.76. The lowest BCUT2D eigenvalue weighted by Crippen LogP contribution is -1.80. The molecule has 0 aliphatic carbocycles. The minimum Gasteiger partial charge on any atom is -0.482 e. The number of imidazole rings is 1. The molecule has 0 bridgehead atoms. The van der Waals surface area contributed by atoms with E-state index in [0.29, 0.717) is 0 Å². The molecule has 54 valence electrons. The maximum Gasteiger partial charge on any atom is 0.169 e. The monoisotopic (exact) mass is 139 g/mol. The first-order chi connectivity index (χ1) is 5.00. The molecular weight excluding hydrogens is 130 g/mol. The number of aliphatic imine (C=N–C) groups is 1. The van der Waals surface area contributed by atoms with Gasteiger partial charge in [-0.25, -0.2) is 4.98 Å². The predicted octanol–water partition coefficient (Wildman–Crippen LogP) is 0.455. The second kappa shape index (κ2) is 4.55. The van der Waals surface area contributed by atoms with Crippen molar-refractivity contribution in [2.24, 2.45) is 4.99 Å². The summed E-state index contributed by atoms with van der Waals surface area (Å²) < 4.78 is 4.65. The van der Waals surface area contributed by atoms with Crippen LogP contribution in [0.25, 0.3) is 0 Å². The molecule has 10 heavy (non-hydrogen) atoms. The van der Waals surface area contributed by atoms with Crippen molar-refractivity contribution in [3.63, 3.8) is 0 Å². The summed E-state index contributed by atoms with van der Waals surface area (Å²) in [5.41, 5.74) is 0. The molecule has 0 amide bonds. The maximum absolute atomic E-state index is 4.65. The van der Waals surface area contributed by atoms with Gasteiger partial charge in [0.25, 0.3) is 0 Å². The fourth-order valence-corrected chi connectivity index (χ4v) is 0.479. The van der Waals surface area contributed by atoms with E-state index in [0.717, 1.165) is 13.2 Å². The normalized spacial score (nSPS) is 13.6. The van der Waals surface area contributed by atoms with E-state index >= 15 is 0 Å². The van der Waals surface area contributed by atoms with E-state index in [9.17, 15) is 0 Å². The second-order valence-corrected chi connectivity index (χ2v) is 1.64. The number of rotatable bonds is 0. The highest BCUT2D eigenvalue weighted by molar-refractivity contribution is 5.47. The first-order valence-corrected chi connectivity index (χ1v) is 3.03. The molecule has 1 aromatic rings. The molecule has 0 fully saturated rings. The fourth-order valence-electron chi connectivity index (χ4n) is 0.479. The Labute approximate surface area is 59.0 Å². The third-order valence-electron chi connectivity index (χ3n) is 0.893. The molecule has 0 atom stereocenters. The first-order valence-electron chi connectivity index (χ1n) is 3.03. The van der Waals surface area contributed by atoms with Gasteiger partial charge in [0, 0.05) is 12.4 Å². The van der Waals surface area contributed by atoms with Gasteiger partial charge in [-0.15, -0.1) is 0 Å². The smallest absolute Gasteiger partial charge is 0.169 e. The second-order valence-electron chi connectivity index (χ2n) is 1.64. The maximum atomic E-state index is 4.65. The Balaban J connectivity index is 0.0000001000. The number of hydrogen-bond donors (Lipinski definition) is 1. The van der Waals surface area contributed by atoms with Crippen molar-refractivity contribution in [2.75, 3.05) is 13.2 Å². The lowest BCUT2D eigenvalue weighted by atomic mass is 10.8. The van der Waals surface area contributed by atoms with E-state index < -0.39 is 0 Å². The third-order valence-corrected chi connectivity index (χ3v) is 0.893. The minimum atomic E-state index is 0.778. The molecule has 1 aliphatic heterocycles. The Hall–Kier alpha value is -1.32. The Bertz CT molecular complexity index is 148. The highest BCUT2D eigenvalue weighted by Crippen LogP contribution is 1.78. The number of nitrogens with one attached hydrogen (secondary N) is 1. The average molecular weight is 139 g/mol. The molecule has 1 aromatic heterocycles. The Morgan fingerprint density at radius 1 is 1.50 bits per heavy atom. The van der Waals surface area contributed by atoms with Gasteiger partial charge < -0.3 is 9.72 Å². The average Bonchev–Trinajstić information content (AvgIpc) is 2.67. The van der Waals surface area contributed by atoms with Crippen LogP contribution in [-0.4, -0.2) is 29.5 Å². The highest BCUT2D eigenvalue weighted by Gasteiger charge is 1.84. The highest BCUT2D eigenvalue weighted by atomic mass is 16.5. The Morgan fingerprint density at radius 3 is 2.70 bits per heavy atom. The van der Waals surface area contributed by atoms with Crippen LogP contribution in [0.4, 0.5) is 0 Å². The standard InChI is InChI=1S/C3H4N2.C3H5NO/c2*1-2-5-3-4-1/h1-3H,(H,4,5);3H,1-2H2. The summed E-state index contributed by atoms with van der Waals surface area (Å²) in [6.45, 7) is 1.62. The van der Waals surface area contributed by atoms with Gasteiger partial charge >= 0.3 is 0 Å². The molecule has 2 heterocycles. The van der Waals surface area contributed by atoms with Gasteiger partial charge in [-0.2, -0.15) is 0 Å². The molecule has 0 saturated carbocycles. The van der Waals surface area contributed by atoms with Gasteiger partial charge in [0.2, 0.25) is 0 Å². The number of aromatic amines is 1. The molecular formula is C6H9N3O. The summed E-state index contributed by atoms with van der Waals surface area (Å²) in [5.74, 6) is 0. The van der Waals surface area contributed by atoms with Crippen molar-refractivity contribution >= 4 is 6.40 Å². The van der Waals surface area contributed by atoms with E-state index in [1.54, 1.807) is 18.7 Å². The van der Waals surface area contributed by atoms with Crippen molar-refractivity contribution in [3.8, 4) is 0 Å². The van der Waals surface area contributed by atoms with E-state index in [1.165, 1.54) is 6.40 Å². The van der Waals surface area contributed by atoms with Gasteiger partial charge in [-0.05, 0) is 0 Å². The van der Waals surface area contributed by atoms with Gasteiger partial charge in [-0.1, -0.05) is 0 Å². The Morgan fingerprint density at radius 2 is 2.50 bits per heavy atom. The van der Waals surface area contributed by atoms with Crippen LogP contribution in [-0.2, 0) is 4.74 Å². The summed E-state index contributed by atoms with van der Waals surface area (Å²) >= 11 is 0. The largest absolute Gasteiger partial charge is 0.482 e. The summed E-state index contributed by atoms with van der Waals surface area (Å²) in [6.07, 6.45) is 6.57. The number of nitrogens with zero attached hydrogens (tertiary/aromatic N) is 2. The summed E-state index contributed by atoms with van der Waals surface area (Å²) in [5, 5.41) is 0. The van der Waals surface area contributed by atoms with Crippen LogP contribution in [0.15, 0.2) is 23.7 Å². The van der Waals surface area contributed by atoms with Crippen molar-refractivity contribution in [1.82, 2.24) is 9.97 Å². The van der Waals surface area contributed by atoms with Crippen LogP contribution in [0.1, 0.15) is 0 Å². The van der Waals surface area contributed by atoms with Crippen molar-refractivity contribution in [3.05, 3.63) is 18.7 Å². The van der Waals surface area contributed by atoms with Gasteiger partial charge in [0.05, 0.1) is 12.9 Å². The van der Waals surface area contributed by atoms with E-state index in [1.807, 2.05) is 0 Å². The van der Waals surface area contributed by atoms with Crippen molar-refractivity contribution in [1.29, 1.82) is 0 Å². The molecule has 0 spiro atoms. The summed E-state index contributed by atoms with van der Waals surface area (Å²) in [7, 11) is 0. The first kappa shape index (κ1) is 6.80. The lowest BCUT2D eigenvalue weighted by molar-refractivity contribution is 0.361. The molecule has 1 aliphatic rings. The Kier molecular flexibility index (Phi) is 3.09. The van der Waals surface area contributed by atoms with Gasteiger partial charge in [0.1, 0.15) is 6.61 Å². The van der Waals surface area contributed by atoms with Crippen molar-refractivity contribution < 1.29 is 4.74 Å². The topological polar surface area (TPSA) is 50.3 Å². The fraction of sp³-hybridized carbons (Fsp3) is 0.333. The van der Waals surface area contributed by atoms with E-state index in [2.05, 4.69) is 19.7 Å².